The van der Waals surface area contributed by atoms with Crippen LogP contribution in [-0.2, 0) is 0 Å². The van der Waals surface area contributed by atoms with E-state index in [4.69, 9.17) is 0 Å². The lowest BCUT2D eigenvalue weighted by Gasteiger charge is -1.95. The standard InChI is InChI=1S/C9H15N/c1-5-8(3)9(4)7-10-6-2/h5-7H,1-4H3/b8-5-,9-7-,10-6-. The number of rotatable bonds is 2. The first-order valence-corrected chi connectivity index (χ1v) is 3.50. The van der Waals surface area contributed by atoms with Gasteiger partial charge < -0.3 is 0 Å². The molecular formula is C9H15N. The Morgan fingerprint density at radius 1 is 1.10 bits per heavy atom. The minimum Gasteiger partial charge on any atom is -0.269 e. The molecule has 1 nitrogen and oxygen atoms in total. The fourth-order valence-electron chi connectivity index (χ4n) is 0.516. The summed E-state index contributed by atoms with van der Waals surface area (Å²) >= 11 is 0. The molecular weight excluding hydrogens is 122 g/mol. The van der Waals surface area contributed by atoms with Crippen LogP contribution >= 0.6 is 0 Å². The van der Waals surface area contributed by atoms with Crippen molar-refractivity contribution >= 4 is 6.21 Å². The second-order valence-corrected chi connectivity index (χ2v) is 2.19. The Hall–Kier alpha value is -0.850. The normalized spacial score (nSPS) is 14.8. The smallest absolute Gasteiger partial charge is 0.0295 e. The fraction of sp³-hybridized carbons (Fsp3) is 0.444. The molecule has 1 heteroatoms. The molecule has 0 aromatic carbocycles. The van der Waals surface area contributed by atoms with Crippen molar-refractivity contribution in [2.45, 2.75) is 27.7 Å². The first kappa shape index (κ1) is 9.15. The molecule has 0 radical (unpaired) electrons. The van der Waals surface area contributed by atoms with Crippen molar-refractivity contribution in [3.8, 4) is 0 Å². The van der Waals surface area contributed by atoms with E-state index in [2.05, 4.69) is 24.9 Å². The van der Waals surface area contributed by atoms with E-state index < -0.39 is 0 Å². The molecule has 0 N–H and O–H groups in total. The average molecular weight is 137 g/mol. The maximum Gasteiger partial charge on any atom is 0.0295 e. The van der Waals surface area contributed by atoms with Gasteiger partial charge in [0.2, 0.25) is 0 Å². The molecule has 0 unspecified atom stereocenters. The molecule has 0 aliphatic heterocycles. The summed E-state index contributed by atoms with van der Waals surface area (Å²) in [6.45, 7) is 8.08. The van der Waals surface area contributed by atoms with Crippen molar-refractivity contribution in [1.82, 2.24) is 0 Å². The first-order chi connectivity index (χ1) is 4.72. The zero-order valence-electron chi connectivity index (χ0n) is 7.18. The maximum atomic E-state index is 4.01. The Labute approximate surface area is 63.2 Å². The Kier molecular flexibility index (Phi) is 4.55. The summed E-state index contributed by atoms with van der Waals surface area (Å²) < 4.78 is 0. The molecule has 0 rings (SSSR count). The third kappa shape index (κ3) is 3.23. The highest BCUT2D eigenvalue weighted by Gasteiger charge is 1.86. The van der Waals surface area contributed by atoms with Gasteiger partial charge in [0.25, 0.3) is 0 Å². The quantitative estimate of drug-likeness (QED) is 0.410. The molecule has 0 aromatic heterocycles. The monoisotopic (exact) mass is 137 g/mol. The maximum absolute atomic E-state index is 4.01. The molecule has 0 saturated heterocycles. The van der Waals surface area contributed by atoms with E-state index in [9.17, 15) is 0 Å². The van der Waals surface area contributed by atoms with Crippen molar-refractivity contribution in [2.75, 3.05) is 0 Å². The molecule has 0 aromatic rings. The molecule has 0 amide bonds. The van der Waals surface area contributed by atoms with Crippen LogP contribution in [0, 0.1) is 0 Å². The van der Waals surface area contributed by atoms with E-state index in [1.54, 1.807) is 6.21 Å². The third-order valence-corrected chi connectivity index (χ3v) is 1.47. The van der Waals surface area contributed by atoms with E-state index in [-0.39, 0.29) is 0 Å². The predicted octanol–water partition coefficient (Wildman–Crippen LogP) is 2.95. The lowest BCUT2D eigenvalue weighted by atomic mass is 10.1. The van der Waals surface area contributed by atoms with E-state index in [1.807, 2.05) is 20.0 Å². The van der Waals surface area contributed by atoms with Crippen LogP contribution in [0.15, 0.2) is 28.4 Å². The number of aliphatic imine (C=N–C) groups is 1. The van der Waals surface area contributed by atoms with Gasteiger partial charge in [-0.15, -0.1) is 0 Å². The molecule has 0 atom stereocenters. The van der Waals surface area contributed by atoms with Crippen LogP contribution in [0.2, 0.25) is 0 Å². The van der Waals surface area contributed by atoms with Crippen LogP contribution in [0.5, 0.6) is 0 Å². The zero-order valence-corrected chi connectivity index (χ0v) is 7.18. The number of allylic oxidation sites excluding steroid dienone is 3. The summed E-state index contributed by atoms with van der Waals surface area (Å²) in [5.41, 5.74) is 2.51. The lowest BCUT2D eigenvalue weighted by Crippen LogP contribution is -1.76. The molecule has 10 heavy (non-hydrogen) atoms. The summed E-state index contributed by atoms with van der Waals surface area (Å²) in [7, 11) is 0. The number of hydrogen-bond acceptors (Lipinski definition) is 1. The summed E-state index contributed by atoms with van der Waals surface area (Å²) in [5, 5.41) is 0. The second-order valence-electron chi connectivity index (χ2n) is 2.19. The van der Waals surface area contributed by atoms with Gasteiger partial charge in [-0.25, -0.2) is 0 Å². The number of hydrogen-bond donors (Lipinski definition) is 0. The van der Waals surface area contributed by atoms with Crippen molar-refractivity contribution in [1.29, 1.82) is 0 Å². The predicted molar refractivity (Wildman–Crippen MR) is 47.4 cm³/mol. The highest BCUT2D eigenvalue weighted by molar-refractivity contribution is 5.54. The molecule has 0 fully saturated rings. The average Bonchev–Trinajstić information content (AvgIpc) is 1.98. The largest absolute Gasteiger partial charge is 0.269 e. The van der Waals surface area contributed by atoms with Crippen LogP contribution in [-0.4, -0.2) is 6.21 Å². The van der Waals surface area contributed by atoms with Gasteiger partial charge in [0.1, 0.15) is 0 Å². The summed E-state index contributed by atoms with van der Waals surface area (Å²) in [5.74, 6) is 0. The first-order valence-electron chi connectivity index (χ1n) is 3.50. The summed E-state index contributed by atoms with van der Waals surface area (Å²) in [6.07, 6.45) is 5.73. The van der Waals surface area contributed by atoms with Gasteiger partial charge in [0, 0.05) is 12.4 Å². The second kappa shape index (κ2) is 4.98. The molecule has 56 valence electrons. The van der Waals surface area contributed by atoms with Crippen LogP contribution in [0.25, 0.3) is 0 Å². The van der Waals surface area contributed by atoms with E-state index in [0.29, 0.717) is 0 Å². The highest BCUT2D eigenvalue weighted by Crippen LogP contribution is 2.06. The summed E-state index contributed by atoms with van der Waals surface area (Å²) in [4.78, 5) is 4.01. The number of nitrogens with zero attached hydrogens (tertiary/aromatic N) is 1. The van der Waals surface area contributed by atoms with Gasteiger partial charge in [-0.1, -0.05) is 11.6 Å². The van der Waals surface area contributed by atoms with Gasteiger partial charge in [0.15, 0.2) is 0 Å². The molecule has 0 aliphatic rings. The van der Waals surface area contributed by atoms with Gasteiger partial charge >= 0.3 is 0 Å². The zero-order chi connectivity index (χ0) is 7.98. The van der Waals surface area contributed by atoms with Crippen LogP contribution in [0.1, 0.15) is 27.7 Å². The Morgan fingerprint density at radius 3 is 2.10 bits per heavy atom. The Balaban J connectivity index is 4.19. The van der Waals surface area contributed by atoms with Gasteiger partial charge in [-0.2, -0.15) is 0 Å². The molecule has 0 spiro atoms. The Morgan fingerprint density at radius 2 is 1.70 bits per heavy atom. The SMILES string of the molecule is C\C=N/C=C(C)\C(C)=C/C. The lowest BCUT2D eigenvalue weighted by molar-refractivity contribution is 1.29. The van der Waals surface area contributed by atoms with Crippen molar-refractivity contribution < 1.29 is 0 Å². The van der Waals surface area contributed by atoms with E-state index in [1.165, 1.54) is 11.1 Å². The van der Waals surface area contributed by atoms with Crippen molar-refractivity contribution in [2.24, 2.45) is 4.99 Å². The fourth-order valence-corrected chi connectivity index (χ4v) is 0.516. The topological polar surface area (TPSA) is 12.4 Å². The van der Waals surface area contributed by atoms with Crippen LogP contribution in [0.4, 0.5) is 0 Å². The molecule has 0 bridgehead atoms. The van der Waals surface area contributed by atoms with Crippen molar-refractivity contribution in [3.63, 3.8) is 0 Å². The summed E-state index contributed by atoms with van der Waals surface area (Å²) in [6, 6.07) is 0. The molecule has 0 aliphatic carbocycles. The third-order valence-electron chi connectivity index (χ3n) is 1.47. The minimum atomic E-state index is 1.22. The molecule has 0 saturated carbocycles. The van der Waals surface area contributed by atoms with E-state index in [0.717, 1.165) is 0 Å². The molecule has 0 heterocycles. The highest BCUT2D eigenvalue weighted by atomic mass is 14.7. The minimum absolute atomic E-state index is 1.22. The van der Waals surface area contributed by atoms with Crippen LogP contribution < -0.4 is 0 Å². The van der Waals surface area contributed by atoms with E-state index >= 15 is 0 Å². The Bertz CT molecular complexity index is 173. The van der Waals surface area contributed by atoms with Gasteiger partial charge in [-0.3, -0.25) is 4.99 Å². The van der Waals surface area contributed by atoms with Gasteiger partial charge in [-0.05, 0) is 33.3 Å². The van der Waals surface area contributed by atoms with Gasteiger partial charge in [0.05, 0.1) is 0 Å². The van der Waals surface area contributed by atoms with Crippen molar-refractivity contribution in [3.05, 3.63) is 23.4 Å². The van der Waals surface area contributed by atoms with Crippen LogP contribution in [0.3, 0.4) is 0 Å².